The lowest BCUT2D eigenvalue weighted by Gasteiger charge is -2.19. The van der Waals surface area contributed by atoms with Gasteiger partial charge in [0.15, 0.2) is 0 Å². The molecule has 0 aliphatic carbocycles. The summed E-state index contributed by atoms with van der Waals surface area (Å²) in [5, 5.41) is 10.3. The van der Waals surface area contributed by atoms with Crippen molar-refractivity contribution in [2.45, 2.75) is 18.6 Å². The van der Waals surface area contributed by atoms with Crippen LogP contribution >= 0.6 is 27.3 Å². The number of hydrogen-bond donors (Lipinski definition) is 2. The minimum atomic E-state index is -4.38. The summed E-state index contributed by atoms with van der Waals surface area (Å²) >= 11 is 4.95. The van der Waals surface area contributed by atoms with Crippen molar-refractivity contribution in [3.05, 3.63) is 57.5 Å². The van der Waals surface area contributed by atoms with Gasteiger partial charge in [-0.05, 0) is 40.0 Å². The van der Waals surface area contributed by atoms with E-state index < -0.39 is 11.7 Å². The summed E-state index contributed by atoms with van der Waals surface area (Å²) in [5.41, 5.74) is 7.35. The van der Waals surface area contributed by atoms with Crippen LogP contribution in [0.4, 0.5) is 18.2 Å². The molecular weight excluding hydrogens is 441 g/mol. The van der Waals surface area contributed by atoms with Gasteiger partial charge >= 0.3 is 6.18 Å². The first-order valence-corrected chi connectivity index (χ1v) is 9.85. The van der Waals surface area contributed by atoms with E-state index in [1.165, 1.54) is 23.5 Å². The lowest BCUT2D eigenvalue weighted by atomic mass is 10.00. The summed E-state index contributed by atoms with van der Waals surface area (Å²) in [5.74, 6) is 0. The molecule has 1 atom stereocenters. The maximum absolute atomic E-state index is 13.2. The molecule has 0 bridgehead atoms. The lowest BCUT2D eigenvalue weighted by Crippen LogP contribution is -2.31. The van der Waals surface area contributed by atoms with E-state index >= 15 is 0 Å². The van der Waals surface area contributed by atoms with Crippen LogP contribution in [-0.4, -0.2) is 22.4 Å². The third-order valence-electron chi connectivity index (χ3n) is 4.19. The van der Waals surface area contributed by atoms with Gasteiger partial charge in [-0.25, -0.2) is 0 Å². The Balaban J connectivity index is 1.78. The summed E-state index contributed by atoms with van der Waals surface area (Å²) in [6, 6.07) is 7.25. The van der Waals surface area contributed by atoms with Crippen molar-refractivity contribution in [2.75, 3.05) is 11.9 Å². The number of nitrogens with one attached hydrogen (secondary N) is 1. The summed E-state index contributed by atoms with van der Waals surface area (Å²) in [6.07, 6.45) is -2.47. The Hall–Kier alpha value is -1.84. The average Bonchev–Trinajstić information content (AvgIpc) is 3.20. The monoisotopic (exact) mass is 458 g/mol. The lowest BCUT2D eigenvalue weighted by molar-refractivity contribution is -0.138. The van der Waals surface area contributed by atoms with Gasteiger partial charge in [-0.1, -0.05) is 18.2 Å². The Bertz CT molecular complexity index is 900. The van der Waals surface area contributed by atoms with Gasteiger partial charge in [0.05, 0.1) is 26.9 Å². The van der Waals surface area contributed by atoms with Crippen molar-refractivity contribution in [3.8, 4) is 11.3 Å². The van der Waals surface area contributed by atoms with Gasteiger partial charge in [0.1, 0.15) is 0 Å². The van der Waals surface area contributed by atoms with Gasteiger partial charge in [-0.2, -0.15) is 18.3 Å². The molecule has 0 aliphatic heterocycles. The van der Waals surface area contributed by atoms with Crippen molar-refractivity contribution in [1.29, 1.82) is 0 Å². The van der Waals surface area contributed by atoms with Gasteiger partial charge in [-0.3, -0.25) is 4.68 Å². The number of alkyl halides is 3. The number of anilines is 1. The molecule has 3 aromatic rings. The number of aryl methyl sites for hydroxylation is 1. The van der Waals surface area contributed by atoms with Crippen molar-refractivity contribution < 1.29 is 13.2 Å². The fourth-order valence-electron chi connectivity index (χ4n) is 2.91. The molecule has 0 radical (unpaired) electrons. The third-order valence-corrected chi connectivity index (χ3v) is 5.63. The molecule has 0 fully saturated rings. The molecule has 2 heterocycles. The number of hydrogen-bond acceptors (Lipinski definition) is 4. The molecule has 0 aliphatic rings. The molecule has 0 saturated carbocycles. The second kappa shape index (κ2) is 8.04. The van der Waals surface area contributed by atoms with Crippen LogP contribution in [0.5, 0.6) is 0 Å². The first kappa shape index (κ1) is 19.9. The quantitative estimate of drug-likeness (QED) is 0.551. The Morgan fingerprint density at radius 2 is 2.07 bits per heavy atom. The molecule has 0 saturated heterocycles. The molecule has 0 unspecified atom stereocenters. The highest BCUT2D eigenvalue weighted by Crippen LogP contribution is 2.35. The van der Waals surface area contributed by atoms with E-state index in [-0.39, 0.29) is 24.6 Å². The van der Waals surface area contributed by atoms with E-state index in [0.29, 0.717) is 0 Å². The van der Waals surface area contributed by atoms with Gasteiger partial charge in [0, 0.05) is 30.6 Å². The maximum atomic E-state index is 13.2. The minimum Gasteiger partial charge on any atom is -0.373 e. The Kier molecular flexibility index (Phi) is 5.92. The fraction of sp³-hybridized carbons (Fsp3) is 0.278. The van der Waals surface area contributed by atoms with E-state index in [1.54, 1.807) is 16.9 Å². The molecule has 3 rings (SSSR count). The maximum Gasteiger partial charge on any atom is 0.416 e. The van der Waals surface area contributed by atoms with Crippen molar-refractivity contribution in [1.82, 2.24) is 9.78 Å². The number of thiophene rings is 1. The molecule has 27 heavy (non-hydrogen) atoms. The minimum absolute atomic E-state index is 0.189. The molecule has 1 aromatic carbocycles. The van der Waals surface area contributed by atoms with Gasteiger partial charge in [0.2, 0.25) is 0 Å². The molecule has 0 amide bonds. The van der Waals surface area contributed by atoms with E-state index in [9.17, 15) is 13.2 Å². The number of nitrogens with zero attached hydrogens (tertiary/aromatic N) is 2. The molecule has 2 aromatic heterocycles. The van der Waals surface area contributed by atoms with Crippen LogP contribution in [0.2, 0.25) is 0 Å². The molecule has 9 heteroatoms. The first-order valence-electron chi connectivity index (χ1n) is 8.17. The largest absolute Gasteiger partial charge is 0.416 e. The van der Waals surface area contributed by atoms with Crippen LogP contribution in [0.1, 0.15) is 11.1 Å². The van der Waals surface area contributed by atoms with E-state index in [4.69, 9.17) is 5.73 Å². The fourth-order valence-corrected chi connectivity index (χ4v) is 4.35. The number of rotatable bonds is 6. The second-order valence-corrected chi connectivity index (χ2v) is 7.87. The highest BCUT2D eigenvalue weighted by molar-refractivity contribution is 9.10. The standard InChI is InChI=1S/C18H18BrF3N4S/c1-26-17(15(19)9-24-26)12-7-16(27-10-12)25-13(8-23)6-11-4-2-3-5-14(11)18(20,21)22/h2-5,7,9-10,13,25H,6,8,23H2,1H3/t13-/m0/s1. The number of benzene rings is 1. The number of nitrogens with two attached hydrogens (primary N) is 1. The summed E-state index contributed by atoms with van der Waals surface area (Å²) in [6.45, 7) is 0.217. The SMILES string of the molecule is Cn1ncc(Br)c1-c1csc(N[C@H](CN)Cc2ccccc2C(F)(F)F)c1. The normalized spacial score (nSPS) is 13.0. The van der Waals surface area contributed by atoms with E-state index in [2.05, 4.69) is 26.3 Å². The molecule has 3 N–H and O–H groups in total. The molecule has 4 nitrogen and oxygen atoms in total. The zero-order valence-electron chi connectivity index (χ0n) is 14.4. The van der Waals surface area contributed by atoms with Crippen LogP contribution in [0, 0.1) is 0 Å². The van der Waals surface area contributed by atoms with Gasteiger partial charge in [0.25, 0.3) is 0 Å². The average molecular weight is 459 g/mol. The summed E-state index contributed by atoms with van der Waals surface area (Å²) in [4.78, 5) is 0. The zero-order chi connectivity index (χ0) is 19.6. The van der Waals surface area contributed by atoms with Crippen molar-refractivity contribution >= 4 is 32.3 Å². The predicted molar refractivity (Wildman–Crippen MR) is 106 cm³/mol. The number of aromatic nitrogens is 2. The highest BCUT2D eigenvalue weighted by atomic mass is 79.9. The van der Waals surface area contributed by atoms with Gasteiger partial charge < -0.3 is 11.1 Å². The van der Waals surface area contributed by atoms with Crippen LogP contribution < -0.4 is 11.1 Å². The molecule has 0 spiro atoms. The number of halogens is 4. The van der Waals surface area contributed by atoms with Crippen molar-refractivity contribution in [2.24, 2.45) is 12.8 Å². The van der Waals surface area contributed by atoms with E-state index in [0.717, 1.165) is 26.8 Å². The topological polar surface area (TPSA) is 55.9 Å². The Labute approximate surface area is 167 Å². The summed E-state index contributed by atoms with van der Waals surface area (Å²) < 4.78 is 42.2. The van der Waals surface area contributed by atoms with Crippen LogP contribution in [-0.2, 0) is 19.6 Å². The Morgan fingerprint density at radius 1 is 1.33 bits per heavy atom. The van der Waals surface area contributed by atoms with Crippen LogP contribution in [0.3, 0.4) is 0 Å². The van der Waals surface area contributed by atoms with Crippen LogP contribution in [0.25, 0.3) is 11.3 Å². The first-order chi connectivity index (χ1) is 12.8. The van der Waals surface area contributed by atoms with Crippen molar-refractivity contribution in [3.63, 3.8) is 0 Å². The Morgan fingerprint density at radius 3 is 2.70 bits per heavy atom. The summed E-state index contributed by atoms with van der Waals surface area (Å²) in [7, 11) is 1.85. The second-order valence-electron chi connectivity index (χ2n) is 6.10. The van der Waals surface area contributed by atoms with Crippen LogP contribution in [0.15, 0.2) is 46.4 Å². The molecule has 144 valence electrons. The smallest absolute Gasteiger partial charge is 0.373 e. The molecular formula is C18H18BrF3N4S. The highest BCUT2D eigenvalue weighted by Gasteiger charge is 2.33. The predicted octanol–water partition coefficient (Wildman–Crippen LogP) is 4.91. The third kappa shape index (κ3) is 4.53. The van der Waals surface area contributed by atoms with Gasteiger partial charge in [-0.15, -0.1) is 11.3 Å². The van der Waals surface area contributed by atoms with E-state index in [1.807, 2.05) is 18.5 Å². The zero-order valence-corrected chi connectivity index (χ0v) is 16.8.